The van der Waals surface area contributed by atoms with Crippen LogP contribution in [0.5, 0.6) is 0 Å². The highest BCUT2D eigenvalue weighted by atomic mass is 127. The molecular formula is C19H40IN5O2. The predicted octanol–water partition coefficient (Wildman–Crippen LogP) is 1.24. The second-order valence-electron chi connectivity index (χ2n) is 7.12. The van der Waals surface area contributed by atoms with Gasteiger partial charge in [-0.25, -0.2) is 0 Å². The Balaban J connectivity index is 0.00000364. The minimum atomic E-state index is 0. The second kappa shape index (κ2) is 15.7. The number of aliphatic imine (C=N–C) groups is 1. The van der Waals surface area contributed by atoms with Crippen LogP contribution in [0.3, 0.4) is 0 Å². The van der Waals surface area contributed by atoms with E-state index in [-0.39, 0.29) is 24.0 Å². The molecule has 0 radical (unpaired) electrons. The molecule has 0 spiro atoms. The normalized spacial score (nSPS) is 21.9. The summed E-state index contributed by atoms with van der Waals surface area (Å²) < 4.78 is 11.1. The summed E-state index contributed by atoms with van der Waals surface area (Å²) in [5.41, 5.74) is 0. The van der Waals surface area contributed by atoms with E-state index in [1.807, 2.05) is 0 Å². The molecule has 8 heteroatoms. The Morgan fingerprint density at radius 2 is 1.93 bits per heavy atom. The third-order valence-corrected chi connectivity index (χ3v) is 5.07. The minimum Gasteiger partial charge on any atom is -0.381 e. The van der Waals surface area contributed by atoms with Gasteiger partial charge in [0.2, 0.25) is 0 Å². The molecule has 2 saturated heterocycles. The number of nitrogens with zero attached hydrogens (tertiary/aromatic N) is 3. The van der Waals surface area contributed by atoms with E-state index in [0.717, 1.165) is 71.4 Å². The van der Waals surface area contributed by atoms with Crippen molar-refractivity contribution in [2.24, 2.45) is 10.9 Å². The Morgan fingerprint density at radius 3 is 2.59 bits per heavy atom. The van der Waals surface area contributed by atoms with Gasteiger partial charge in [0.05, 0.1) is 13.2 Å². The zero-order valence-electron chi connectivity index (χ0n) is 17.3. The number of halogens is 1. The van der Waals surface area contributed by atoms with Crippen molar-refractivity contribution in [2.45, 2.75) is 26.7 Å². The lowest BCUT2D eigenvalue weighted by Crippen LogP contribution is -2.49. The first kappa shape index (κ1) is 24.9. The summed E-state index contributed by atoms with van der Waals surface area (Å²) in [7, 11) is 0. The zero-order chi connectivity index (χ0) is 18.5. The number of guanidine groups is 1. The first-order valence-corrected chi connectivity index (χ1v) is 10.4. The van der Waals surface area contributed by atoms with Gasteiger partial charge in [0.1, 0.15) is 0 Å². The highest BCUT2D eigenvalue weighted by molar-refractivity contribution is 14.0. The zero-order valence-corrected chi connectivity index (χ0v) is 19.6. The van der Waals surface area contributed by atoms with Crippen molar-refractivity contribution in [2.75, 3.05) is 85.3 Å². The van der Waals surface area contributed by atoms with Gasteiger partial charge in [-0.15, -0.1) is 24.0 Å². The van der Waals surface area contributed by atoms with Crippen LogP contribution < -0.4 is 10.6 Å². The summed E-state index contributed by atoms with van der Waals surface area (Å²) in [5.74, 6) is 1.51. The van der Waals surface area contributed by atoms with Gasteiger partial charge in [0, 0.05) is 71.5 Å². The van der Waals surface area contributed by atoms with Crippen LogP contribution in [0, 0.1) is 5.92 Å². The van der Waals surface area contributed by atoms with Crippen LogP contribution in [0.4, 0.5) is 0 Å². The molecular weight excluding hydrogens is 457 g/mol. The first-order valence-electron chi connectivity index (χ1n) is 10.4. The number of hydrogen-bond donors (Lipinski definition) is 2. The molecule has 0 aromatic heterocycles. The minimum absolute atomic E-state index is 0. The van der Waals surface area contributed by atoms with Crippen molar-refractivity contribution in [1.29, 1.82) is 0 Å². The van der Waals surface area contributed by atoms with Gasteiger partial charge in [-0.05, 0) is 26.3 Å². The van der Waals surface area contributed by atoms with Gasteiger partial charge >= 0.3 is 0 Å². The molecule has 160 valence electrons. The maximum Gasteiger partial charge on any atom is 0.191 e. The van der Waals surface area contributed by atoms with Crippen LogP contribution in [-0.2, 0) is 9.47 Å². The van der Waals surface area contributed by atoms with Crippen molar-refractivity contribution in [3.05, 3.63) is 0 Å². The highest BCUT2D eigenvalue weighted by Crippen LogP contribution is 2.12. The Hall–Kier alpha value is -0.160. The van der Waals surface area contributed by atoms with Crippen LogP contribution >= 0.6 is 24.0 Å². The number of ether oxygens (including phenoxy) is 2. The lowest BCUT2D eigenvalue weighted by atomic mass is 10.1. The van der Waals surface area contributed by atoms with Gasteiger partial charge in [-0.2, -0.15) is 0 Å². The Bertz CT molecular complexity index is 386. The molecule has 2 heterocycles. The first-order chi connectivity index (χ1) is 12.8. The molecule has 2 aliphatic heterocycles. The van der Waals surface area contributed by atoms with Crippen molar-refractivity contribution in [1.82, 2.24) is 20.4 Å². The Labute approximate surface area is 182 Å². The summed E-state index contributed by atoms with van der Waals surface area (Å²) in [6.45, 7) is 17.3. The summed E-state index contributed by atoms with van der Waals surface area (Å²) in [6, 6.07) is 0. The number of rotatable bonds is 11. The Kier molecular flexibility index (Phi) is 14.5. The third-order valence-electron chi connectivity index (χ3n) is 5.07. The molecule has 0 amide bonds. The molecule has 27 heavy (non-hydrogen) atoms. The van der Waals surface area contributed by atoms with Gasteiger partial charge in [0.25, 0.3) is 0 Å². The van der Waals surface area contributed by atoms with Crippen LogP contribution in [0.15, 0.2) is 4.99 Å². The molecule has 0 aliphatic carbocycles. The molecule has 0 saturated carbocycles. The summed E-state index contributed by atoms with van der Waals surface area (Å²) >= 11 is 0. The Morgan fingerprint density at radius 1 is 1.15 bits per heavy atom. The second-order valence-corrected chi connectivity index (χ2v) is 7.12. The van der Waals surface area contributed by atoms with E-state index in [4.69, 9.17) is 9.47 Å². The molecule has 2 fully saturated rings. The number of hydrogen-bond acceptors (Lipinski definition) is 5. The fraction of sp³-hybridized carbons (Fsp3) is 0.947. The average Bonchev–Trinajstić information content (AvgIpc) is 3.18. The molecule has 7 nitrogen and oxygen atoms in total. The van der Waals surface area contributed by atoms with E-state index in [1.165, 1.54) is 32.7 Å². The lowest BCUT2D eigenvalue weighted by molar-refractivity contribution is 0.0893. The van der Waals surface area contributed by atoms with E-state index in [2.05, 4.69) is 39.3 Å². The van der Waals surface area contributed by atoms with Crippen molar-refractivity contribution >= 4 is 29.9 Å². The van der Waals surface area contributed by atoms with Gasteiger partial charge in [-0.3, -0.25) is 9.89 Å². The number of nitrogens with one attached hydrogen (secondary N) is 2. The maximum atomic E-state index is 5.74. The van der Waals surface area contributed by atoms with E-state index < -0.39 is 0 Å². The topological polar surface area (TPSA) is 61.4 Å². The lowest BCUT2D eigenvalue weighted by Gasteiger charge is -2.34. The molecule has 1 atom stereocenters. The maximum absolute atomic E-state index is 5.74. The fourth-order valence-corrected chi connectivity index (χ4v) is 3.33. The number of likely N-dealkylation sites (N-methyl/N-ethyl adjacent to an activating group) is 1. The van der Waals surface area contributed by atoms with Crippen molar-refractivity contribution in [3.63, 3.8) is 0 Å². The van der Waals surface area contributed by atoms with E-state index in [0.29, 0.717) is 5.92 Å². The fourth-order valence-electron chi connectivity index (χ4n) is 3.33. The van der Waals surface area contributed by atoms with Gasteiger partial charge in [-0.1, -0.05) is 6.92 Å². The summed E-state index contributed by atoms with van der Waals surface area (Å²) in [6.07, 6.45) is 2.10. The molecule has 2 rings (SSSR count). The SMILES string of the molecule is CCNC(=NCCCOCC1CCOC1)NCCN1CCN(CC)CC1.I. The largest absolute Gasteiger partial charge is 0.381 e. The molecule has 2 aliphatic rings. The molecule has 1 unspecified atom stereocenters. The predicted molar refractivity (Wildman–Crippen MR) is 122 cm³/mol. The molecule has 0 bridgehead atoms. The van der Waals surface area contributed by atoms with Crippen LogP contribution in [0.2, 0.25) is 0 Å². The number of piperazine rings is 1. The smallest absolute Gasteiger partial charge is 0.191 e. The van der Waals surface area contributed by atoms with E-state index in [1.54, 1.807) is 0 Å². The summed E-state index contributed by atoms with van der Waals surface area (Å²) in [5, 5.41) is 6.78. The van der Waals surface area contributed by atoms with Crippen LogP contribution in [-0.4, -0.2) is 101 Å². The van der Waals surface area contributed by atoms with Crippen LogP contribution in [0.25, 0.3) is 0 Å². The monoisotopic (exact) mass is 497 g/mol. The van der Waals surface area contributed by atoms with E-state index in [9.17, 15) is 0 Å². The third kappa shape index (κ3) is 10.8. The molecule has 2 N–H and O–H groups in total. The van der Waals surface area contributed by atoms with E-state index >= 15 is 0 Å². The van der Waals surface area contributed by atoms with Gasteiger partial charge in [0.15, 0.2) is 5.96 Å². The quantitative estimate of drug-likeness (QED) is 0.194. The highest BCUT2D eigenvalue weighted by Gasteiger charge is 2.15. The van der Waals surface area contributed by atoms with Crippen molar-refractivity contribution < 1.29 is 9.47 Å². The standard InChI is InChI=1S/C19H39N5O2.HI/c1-3-20-19(21-7-5-14-25-16-18-6-15-26-17-18)22-8-9-24-12-10-23(4-2)11-13-24;/h18H,3-17H2,1-2H3,(H2,20,21,22);1H. The van der Waals surface area contributed by atoms with Gasteiger partial charge < -0.3 is 25.0 Å². The molecule has 0 aromatic rings. The van der Waals surface area contributed by atoms with Crippen molar-refractivity contribution in [3.8, 4) is 0 Å². The van der Waals surface area contributed by atoms with Crippen LogP contribution in [0.1, 0.15) is 26.7 Å². The molecule has 0 aromatic carbocycles. The average molecular weight is 497 g/mol. The summed E-state index contributed by atoms with van der Waals surface area (Å²) in [4.78, 5) is 9.70.